The summed E-state index contributed by atoms with van der Waals surface area (Å²) in [5, 5.41) is 11.9. The monoisotopic (exact) mass is 438 g/mol. The first kappa shape index (κ1) is 22.0. The van der Waals surface area contributed by atoms with Gasteiger partial charge < -0.3 is 19.5 Å². The van der Waals surface area contributed by atoms with E-state index in [-0.39, 0.29) is 30.0 Å². The fourth-order valence-electron chi connectivity index (χ4n) is 4.60. The van der Waals surface area contributed by atoms with E-state index >= 15 is 0 Å². The average molecular weight is 439 g/mol. The Balaban J connectivity index is 1.63. The lowest BCUT2D eigenvalue weighted by molar-refractivity contribution is 0.0683. The molecule has 2 atom stereocenters. The van der Waals surface area contributed by atoms with Crippen molar-refractivity contribution in [3.63, 3.8) is 0 Å². The zero-order chi connectivity index (χ0) is 22.8. The van der Waals surface area contributed by atoms with Crippen molar-refractivity contribution in [2.45, 2.75) is 58.3 Å². The fourth-order valence-corrected chi connectivity index (χ4v) is 4.60. The second-order valence-corrected chi connectivity index (χ2v) is 8.37. The number of benzene rings is 1. The van der Waals surface area contributed by atoms with Crippen LogP contribution in [0.3, 0.4) is 0 Å². The molecule has 0 saturated carbocycles. The molecule has 2 unspecified atom stereocenters. The predicted molar refractivity (Wildman–Crippen MR) is 115 cm³/mol. The minimum absolute atomic E-state index is 0.0672. The summed E-state index contributed by atoms with van der Waals surface area (Å²) in [6, 6.07) is 7.42. The maximum absolute atomic E-state index is 14.5. The Morgan fingerprint density at radius 1 is 1.34 bits per heavy atom. The number of hydrogen-bond acceptors (Lipinski definition) is 4. The number of carbonyl (C=O) groups excluding carboxylic acids is 2. The second kappa shape index (κ2) is 9.13. The van der Waals surface area contributed by atoms with Crippen molar-refractivity contribution in [2.24, 2.45) is 0 Å². The van der Waals surface area contributed by atoms with Crippen molar-refractivity contribution < 1.29 is 18.7 Å². The summed E-state index contributed by atoms with van der Waals surface area (Å²) in [5.74, 6) is -0.969. The number of nitrogens with one attached hydrogen (secondary N) is 1. The predicted octanol–water partition coefficient (Wildman–Crippen LogP) is 3.53. The molecule has 2 aliphatic rings. The van der Waals surface area contributed by atoms with Crippen LogP contribution in [0.2, 0.25) is 0 Å². The Bertz CT molecular complexity index is 1090. The Hall–Kier alpha value is -3.18. The number of ether oxygens (including phenoxy) is 1. The van der Waals surface area contributed by atoms with E-state index in [0.29, 0.717) is 48.6 Å². The van der Waals surface area contributed by atoms with Crippen molar-refractivity contribution >= 4 is 11.8 Å². The lowest BCUT2D eigenvalue weighted by Gasteiger charge is -2.24. The summed E-state index contributed by atoms with van der Waals surface area (Å²) in [7, 11) is 0. The van der Waals surface area contributed by atoms with Crippen LogP contribution in [-0.2, 0) is 17.9 Å². The molecule has 1 aromatic heterocycles. The number of carbonyl (C=O) groups is 2. The third-order valence-electron chi connectivity index (χ3n) is 6.40. The maximum Gasteiger partial charge on any atom is 0.270 e. The van der Waals surface area contributed by atoms with Crippen molar-refractivity contribution in [3.8, 4) is 6.07 Å². The molecule has 1 aromatic carbocycles. The average Bonchev–Trinajstić information content (AvgIpc) is 3.41. The van der Waals surface area contributed by atoms with Crippen LogP contribution in [0.4, 0.5) is 4.39 Å². The molecular formula is C24H27FN4O3. The molecule has 3 heterocycles. The standard InChI is InChI=1S/C24H27FN4O3/c1-3-20(17-7-6-16(13-26)11-19(17)25)27-23(30)18-12-21(29-9-10-32-14-22(18)29)24(31)28-8-4-5-15(28)2/h6-7,11-12,15,20H,3-5,8-10,14H2,1-2H3,(H,27,30). The number of rotatable bonds is 5. The minimum atomic E-state index is -0.562. The zero-order valence-corrected chi connectivity index (χ0v) is 18.4. The lowest BCUT2D eigenvalue weighted by Crippen LogP contribution is -2.35. The SMILES string of the molecule is CCC(NC(=O)c1cc(C(=O)N2CCCC2C)n2c1COCC2)c1ccc(C#N)cc1F. The number of nitrogens with zero attached hydrogens (tertiary/aromatic N) is 3. The van der Waals surface area contributed by atoms with E-state index in [9.17, 15) is 14.0 Å². The van der Waals surface area contributed by atoms with E-state index in [1.54, 1.807) is 6.07 Å². The van der Waals surface area contributed by atoms with E-state index in [4.69, 9.17) is 10.00 Å². The van der Waals surface area contributed by atoms with Gasteiger partial charge in [0.05, 0.1) is 42.1 Å². The number of likely N-dealkylation sites (tertiary alicyclic amines) is 1. The number of fused-ring (bicyclic) bond motifs is 1. The van der Waals surface area contributed by atoms with E-state index in [2.05, 4.69) is 5.32 Å². The molecule has 1 N–H and O–H groups in total. The highest BCUT2D eigenvalue weighted by molar-refractivity contribution is 6.01. The van der Waals surface area contributed by atoms with Gasteiger partial charge in [-0.05, 0) is 44.4 Å². The van der Waals surface area contributed by atoms with Gasteiger partial charge in [0.2, 0.25) is 0 Å². The maximum atomic E-state index is 14.5. The Morgan fingerprint density at radius 2 is 2.16 bits per heavy atom. The number of aromatic nitrogens is 1. The van der Waals surface area contributed by atoms with Crippen molar-refractivity contribution in [3.05, 3.63) is 58.2 Å². The van der Waals surface area contributed by atoms with Crippen LogP contribution in [0.5, 0.6) is 0 Å². The van der Waals surface area contributed by atoms with Crippen LogP contribution in [-0.4, -0.2) is 40.5 Å². The van der Waals surface area contributed by atoms with Crippen LogP contribution in [0.25, 0.3) is 0 Å². The summed E-state index contributed by atoms with van der Waals surface area (Å²) in [5.41, 5.74) is 2.10. The number of amides is 2. The lowest BCUT2D eigenvalue weighted by atomic mass is 10.0. The van der Waals surface area contributed by atoms with Gasteiger partial charge in [0.15, 0.2) is 0 Å². The van der Waals surface area contributed by atoms with Crippen LogP contribution >= 0.6 is 0 Å². The highest BCUT2D eigenvalue weighted by atomic mass is 19.1. The third kappa shape index (κ3) is 4.00. The van der Waals surface area contributed by atoms with Gasteiger partial charge in [-0.3, -0.25) is 9.59 Å². The quantitative estimate of drug-likeness (QED) is 0.774. The zero-order valence-electron chi connectivity index (χ0n) is 18.4. The first-order chi connectivity index (χ1) is 15.4. The fraction of sp³-hybridized carbons (Fsp3) is 0.458. The minimum Gasteiger partial charge on any atom is -0.373 e. The van der Waals surface area contributed by atoms with Crippen LogP contribution in [0, 0.1) is 17.1 Å². The molecular weight excluding hydrogens is 411 g/mol. The summed E-state index contributed by atoms with van der Waals surface area (Å²) >= 11 is 0. The Labute approximate surface area is 186 Å². The molecule has 2 aromatic rings. The van der Waals surface area contributed by atoms with E-state index in [1.165, 1.54) is 18.2 Å². The number of nitriles is 1. The van der Waals surface area contributed by atoms with Gasteiger partial charge in [-0.1, -0.05) is 13.0 Å². The van der Waals surface area contributed by atoms with Gasteiger partial charge in [0.25, 0.3) is 11.8 Å². The van der Waals surface area contributed by atoms with Crippen LogP contribution in [0.1, 0.15) is 76.8 Å². The first-order valence-electron chi connectivity index (χ1n) is 11.1. The van der Waals surface area contributed by atoms with Gasteiger partial charge >= 0.3 is 0 Å². The van der Waals surface area contributed by atoms with Crippen molar-refractivity contribution in [1.29, 1.82) is 5.26 Å². The molecule has 0 aliphatic carbocycles. The van der Waals surface area contributed by atoms with Crippen molar-refractivity contribution in [2.75, 3.05) is 13.2 Å². The topological polar surface area (TPSA) is 87.4 Å². The Morgan fingerprint density at radius 3 is 2.81 bits per heavy atom. The molecule has 1 saturated heterocycles. The molecule has 0 bridgehead atoms. The first-order valence-corrected chi connectivity index (χ1v) is 11.1. The number of hydrogen-bond donors (Lipinski definition) is 1. The highest BCUT2D eigenvalue weighted by Crippen LogP contribution is 2.27. The normalized spacial score (nSPS) is 18.7. The number of halogens is 1. The Kier molecular flexibility index (Phi) is 6.28. The van der Waals surface area contributed by atoms with E-state index in [1.807, 2.05) is 29.4 Å². The molecule has 0 radical (unpaired) electrons. The molecule has 4 rings (SSSR count). The van der Waals surface area contributed by atoms with Crippen LogP contribution in [0.15, 0.2) is 24.3 Å². The van der Waals surface area contributed by atoms with Gasteiger partial charge in [-0.25, -0.2) is 4.39 Å². The van der Waals surface area contributed by atoms with Gasteiger partial charge in [-0.15, -0.1) is 0 Å². The van der Waals surface area contributed by atoms with Crippen molar-refractivity contribution in [1.82, 2.24) is 14.8 Å². The second-order valence-electron chi connectivity index (χ2n) is 8.37. The molecule has 1 fully saturated rings. The van der Waals surface area contributed by atoms with Gasteiger partial charge in [-0.2, -0.15) is 5.26 Å². The van der Waals surface area contributed by atoms with Gasteiger partial charge in [0.1, 0.15) is 11.5 Å². The highest BCUT2D eigenvalue weighted by Gasteiger charge is 2.32. The molecule has 8 heteroatoms. The molecule has 0 spiro atoms. The van der Waals surface area contributed by atoms with Gasteiger partial charge in [0, 0.05) is 24.7 Å². The largest absolute Gasteiger partial charge is 0.373 e. The molecule has 32 heavy (non-hydrogen) atoms. The summed E-state index contributed by atoms with van der Waals surface area (Å²) in [4.78, 5) is 28.3. The third-order valence-corrected chi connectivity index (χ3v) is 6.40. The summed E-state index contributed by atoms with van der Waals surface area (Å²) in [6.45, 7) is 5.84. The molecule has 2 aliphatic heterocycles. The smallest absolute Gasteiger partial charge is 0.270 e. The molecule has 2 amide bonds. The summed E-state index contributed by atoms with van der Waals surface area (Å²) < 4.78 is 22.0. The molecule has 168 valence electrons. The van der Waals surface area contributed by atoms with E-state index < -0.39 is 11.9 Å². The molecule has 7 nitrogen and oxygen atoms in total. The summed E-state index contributed by atoms with van der Waals surface area (Å²) in [6.07, 6.45) is 2.42. The van der Waals surface area contributed by atoms with E-state index in [0.717, 1.165) is 12.8 Å². The van der Waals surface area contributed by atoms with Crippen LogP contribution < -0.4 is 5.32 Å².